The molecule has 1 unspecified atom stereocenters. The monoisotopic (exact) mass is 255 g/mol. The highest BCUT2D eigenvalue weighted by atomic mass is 35.5. The van der Waals surface area contributed by atoms with Crippen LogP contribution in [0.4, 0.5) is 4.79 Å². The van der Waals surface area contributed by atoms with E-state index in [2.05, 4.69) is 5.32 Å². The van der Waals surface area contributed by atoms with Crippen molar-refractivity contribution in [2.45, 2.75) is 24.3 Å². The summed E-state index contributed by atoms with van der Waals surface area (Å²) in [6.07, 6.45) is 0.468. The molecule has 17 heavy (non-hydrogen) atoms. The van der Waals surface area contributed by atoms with E-state index >= 15 is 0 Å². The van der Waals surface area contributed by atoms with Gasteiger partial charge in [-0.05, 0) is 30.5 Å². The van der Waals surface area contributed by atoms with Crippen LogP contribution in [-0.2, 0) is 0 Å². The smallest absolute Gasteiger partial charge is 0.405 e. The van der Waals surface area contributed by atoms with E-state index in [4.69, 9.17) is 16.7 Å². The summed E-state index contributed by atoms with van der Waals surface area (Å²) < 4.78 is 0. The zero-order chi connectivity index (χ0) is 12.5. The van der Waals surface area contributed by atoms with Crippen molar-refractivity contribution in [1.29, 1.82) is 0 Å². The molecule has 2 rings (SSSR count). The van der Waals surface area contributed by atoms with Gasteiger partial charge < -0.3 is 15.5 Å². The third kappa shape index (κ3) is 2.53. The zero-order valence-corrected chi connectivity index (χ0v) is 9.94. The Bertz CT molecular complexity index is 414. The summed E-state index contributed by atoms with van der Waals surface area (Å²) >= 11 is 5.80. The standard InChI is InChI=1S/C12H14ClNO3/c13-9-3-1-8(2-4-9)10(7-15)12(5-6-12)14-11(16)17/h1-4,10,14-15H,5-7H2,(H,16,17). The third-order valence-electron chi connectivity index (χ3n) is 3.27. The van der Waals surface area contributed by atoms with Crippen molar-refractivity contribution < 1.29 is 15.0 Å². The molecule has 0 aliphatic heterocycles. The molecule has 1 atom stereocenters. The average molecular weight is 256 g/mol. The van der Waals surface area contributed by atoms with Crippen LogP contribution in [0, 0.1) is 0 Å². The largest absolute Gasteiger partial charge is 0.465 e. The van der Waals surface area contributed by atoms with E-state index in [-0.39, 0.29) is 12.5 Å². The van der Waals surface area contributed by atoms with Gasteiger partial charge in [0.15, 0.2) is 0 Å². The third-order valence-corrected chi connectivity index (χ3v) is 3.52. The molecule has 0 aromatic heterocycles. The van der Waals surface area contributed by atoms with E-state index in [0.29, 0.717) is 5.02 Å². The summed E-state index contributed by atoms with van der Waals surface area (Å²) in [5.74, 6) is -0.212. The molecule has 1 aliphatic carbocycles. The van der Waals surface area contributed by atoms with Gasteiger partial charge in [-0.25, -0.2) is 4.79 Å². The lowest BCUT2D eigenvalue weighted by Crippen LogP contribution is -2.42. The number of hydrogen-bond acceptors (Lipinski definition) is 2. The minimum atomic E-state index is -1.05. The fraction of sp³-hybridized carbons (Fsp3) is 0.417. The van der Waals surface area contributed by atoms with Gasteiger partial charge in [0.1, 0.15) is 0 Å². The van der Waals surface area contributed by atoms with Crippen LogP contribution in [-0.4, -0.2) is 28.5 Å². The predicted molar refractivity (Wildman–Crippen MR) is 64.4 cm³/mol. The molecule has 1 aromatic carbocycles. The number of carbonyl (C=O) groups is 1. The van der Waals surface area contributed by atoms with Crippen molar-refractivity contribution in [2.24, 2.45) is 0 Å². The highest BCUT2D eigenvalue weighted by Crippen LogP contribution is 2.47. The maximum Gasteiger partial charge on any atom is 0.405 e. The number of benzene rings is 1. The highest BCUT2D eigenvalue weighted by molar-refractivity contribution is 6.30. The Morgan fingerprint density at radius 3 is 2.41 bits per heavy atom. The topological polar surface area (TPSA) is 69.6 Å². The number of nitrogens with one attached hydrogen (secondary N) is 1. The molecule has 1 saturated carbocycles. The van der Waals surface area contributed by atoms with Crippen LogP contribution in [0.3, 0.4) is 0 Å². The van der Waals surface area contributed by atoms with Gasteiger partial charge in [-0.1, -0.05) is 23.7 Å². The Kier molecular flexibility index (Phi) is 3.26. The Hall–Kier alpha value is -1.26. The number of hydrogen-bond donors (Lipinski definition) is 3. The molecule has 3 N–H and O–H groups in total. The summed E-state index contributed by atoms with van der Waals surface area (Å²) in [7, 11) is 0. The molecular formula is C12H14ClNO3. The van der Waals surface area contributed by atoms with E-state index in [1.54, 1.807) is 12.1 Å². The SMILES string of the molecule is O=C(O)NC1(C(CO)c2ccc(Cl)cc2)CC1. The van der Waals surface area contributed by atoms with E-state index in [1.807, 2.05) is 12.1 Å². The molecule has 1 aliphatic rings. The van der Waals surface area contributed by atoms with Gasteiger partial charge in [0.2, 0.25) is 0 Å². The molecule has 0 radical (unpaired) electrons. The molecule has 0 saturated heterocycles. The van der Waals surface area contributed by atoms with Crippen LogP contribution in [0.2, 0.25) is 5.02 Å². The normalized spacial score (nSPS) is 18.5. The Balaban J connectivity index is 2.21. The first-order chi connectivity index (χ1) is 8.07. The maximum atomic E-state index is 10.7. The second kappa shape index (κ2) is 4.55. The van der Waals surface area contributed by atoms with Gasteiger partial charge >= 0.3 is 6.09 Å². The quantitative estimate of drug-likeness (QED) is 0.773. The molecule has 1 aromatic rings. The molecule has 4 nitrogen and oxygen atoms in total. The van der Waals surface area contributed by atoms with Crippen molar-refractivity contribution in [3.8, 4) is 0 Å². The lowest BCUT2D eigenvalue weighted by molar-refractivity contribution is 0.176. The van der Waals surface area contributed by atoms with Gasteiger partial charge in [-0.2, -0.15) is 0 Å². The van der Waals surface area contributed by atoms with Crippen molar-refractivity contribution in [3.05, 3.63) is 34.9 Å². The Morgan fingerprint density at radius 1 is 1.41 bits per heavy atom. The summed E-state index contributed by atoms with van der Waals surface area (Å²) in [6.45, 7) is -0.0814. The number of halogens is 1. The zero-order valence-electron chi connectivity index (χ0n) is 9.19. The molecule has 1 amide bonds. The Labute approximate surface area is 104 Å². The second-order valence-electron chi connectivity index (χ2n) is 4.37. The summed E-state index contributed by atoms with van der Waals surface area (Å²) in [4.78, 5) is 10.7. The second-order valence-corrected chi connectivity index (χ2v) is 4.81. The van der Waals surface area contributed by atoms with Crippen molar-refractivity contribution in [3.63, 3.8) is 0 Å². The van der Waals surface area contributed by atoms with Gasteiger partial charge in [0.05, 0.1) is 12.1 Å². The minimum absolute atomic E-state index is 0.0814. The van der Waals surface area contributed by atoms with Crippen molar-refractivity contribution in [1.82, 2.24) is 5.32 Å². The fourth-order valence-corrected chi connectivity index (χ4v) is 2.33. The first kappa shape index (κ1) is 12.2. The Morgan fingerprint density at radius 2 is 2.00 bits per heavy atom. The van der Waals surface area contributed by atoms with Crippen LogP contribution in [0.5, 0.6) is 0 Å². The molecule has 5 heteroatoms. The van der Waals surface area contributed by atoms with Crippen molar-refractivity contribution in [2.75, 3.05) is 6.61 Å². The lowest BCUT2D eigenvalue weighted by Gasteiger charge is -2.25. The van der Waals surface area contributed by atoms with E-state index in [0.717, 1.165) is 18.4 Å². The first-order valence-corrected chi connectivity index (χ1v) is 5.82. The number of rotatable bonds is 4. The lowest BCUT2D eigenvalue weighted by atomic mass is 9.90. The molecule has 0 heterocycles. The van der Waals surface area contributed by atoms with Crippen LogP contribution in [0.25, 0.3) is 0 Å². The number of aliphatic hydroxyl groups is 1. The van der Waals surface area contributed by atoms with E-state index in [9.17, 15) is 9.90 Å². The first-order valence-electron chi connectivity index (χ1n) is 5.45. The molecule has 0 bridgehead atoms. The average Bonchev–Trinajstić information content (AvgIpc) is 3.01. The number of aliphatic hydroxyl groups excluding tert-OH is 1. The molecule has 0 spiro atoms. The fourth-order valence-electron chi connectivity index (χ4n) is 2.20. The maximum absolute atomic E-state index is 10.7. The summed E-state index contributed by atoms with van der Waals surface area (Å²) in [5.41, 5.74) is 0.400. The van der Waals surface area contributed by atoms with Crippen LogP contribution in [0.1, 0.15) is 24.3 Å². The number of amides is 1. The van der Waals surface area contributed by atoms with Gasteiger partial charge in [-0.15, -0.1) is 0 Å². The van der Waals surface area contributed by atoms with Crippen LogP contribution in [0.15, 0.2) is 24.3 Å². The van der Waals surface area contributed by atoms with E-state index < -0.39 is 11.6 Å². The number of carboxylic acid groups (broad SMARTS) is 1. The highest BCUT2D eigenvalue weighted by Gasteiger charge is 2.50. The molecular weight excluding hydrogens is 242 g/mol. The van der Waals surface area contributed by atoms with Crippen molar-refractivity contribution >= 4 is 17.7 Å². The minimum Gasteiger partial charge on any atom is -0.465 e. The predicted octanol–water partition coefficient (Wildman–Crippen LogP) is 2.22. The molecule has 1 fully saturated rings. The summed E-state index contributed by atoms with van der Waals surface area (Å²) in [5, 5.41) is 21.4. The van der Waals surface area contributed by atoms with Gasteiger partial charge in [-0.3, -0.25) is 0 Å². The van der Waals surface area contributed by atoms with E-state index in [1.165, 1.54) is 0 Å². The van der Waals surface area contributed by atoms with Crippen LogP contribution < -0.4 is 5.32 Å². The van der Waals surface area contributed by atoms with Gasteiger partial charge in [0.25, 0.3) is 0 Å². The molecule has 92 valence electrons. The summed E-state index contributed by atoms with van der Waals surface area (Å²) in [6, 6.07) is 7.15. The van der Waals surface area contributed by atoms with Gasteiger partial charge in [0, 0.05) is 10.9 Å². The van der Waals surface area contributed by atoms with Crippen LogP contribution >= 0.6 is 11.6 Å².